The van der Waals surface area contributed by atoms with E-state index in [4.69, 9.17) is 4.42 Å². The molecule has 2 fully saturated rings. The third-order valence-electron chi connectivity index (χ3n) is 4.93. The number of hydrogen-bond donors (Lipinski definition) is 0. The Morgan fingerprint density at radius 3 is 2.65 bits per heavy atom. The number of carbonyl (C=O) groups is 1. The van der Waals surface area contributed by atoms with E-state index in [1.807, 2.05) is 17.0 Å². The number of hydrogen-bond acceptors (Lipinski definition) is 3. The third-order valence-corrected chi connectivity index (χ3v) is 4.93. The van der Waals surface area contributed by atoms with Crippen LogP contribution in [0.4, 0.5) is 4.39 Å². The van der Waals surface area contributed by atoms with Gasteiger partial charge in [0, 0.05) is 38.1 Å². The van der Waals surface area contributed by atoms with Gasteiger partial charge in [0.2, 0.25) is 0 Å². The Bertz CT molecular complexity index is 690. The number of amides is 1. The van der Waals surface area contributed by atoms with E-state index in [1.54, 1.807) is 6.07 Å². The number of furan rings is 1. The Hall–Kier alpha value is -2.14. The van der Waals surface area contributed by atoms with E-state index in [0.717, 1.165) is 44.7 Å². The number of benzene rings is 1. The molecule has 2 aliphatic heterocycles. The van der Waals surface area contributed by atoms with Crippen molar-refractivity contribution >= 4 is 5.91 Å². The molecule has 2 saturated heterocycles. The number of likely N-dealkylation sites (tertiary alicyclic amines) is 2. The van der Waals surface area contributed by atoms with E-state index in [2.05, 4.69) is 4.90 Å². The summed E-state index contributed by atoms with van der Waals surface area (Å²) in [7, 11) is 0. The van der Waals surface area contributed by atoms with E-state index in [-0.39, 0.29) is 17.1 Å². The number of halogens is 1. The highest BCUT2D eigenvalue weighted by atomic mass is 19.1. The lowest BCUT2D eigenvalue weighted by molar-refractivity contribution is 0.00259. The largest absolute Gasteiger partial charge is 0.472 e. The van der Waals surface area contributed by atoms with Gasteiger partial charge in [-0.15, -0.1) is 0 Å². The summed E-state index contributed by atoms with van der Waals surface area (Å²) >= 11 is 0. The summed E-state index contributed by atoms with van der Waals surface area (Å²) in [5.41, 5.74) is 1.99. The van der Waals surface area contributed by atoms with E-state index >= 15 is 0 Å². The zero-order valence-electron chi connectivity index (χ0n) is 12.9. The van der Waals surface area contributed by atoms with Crippen molar-refractivity contribution in [2.75, 3.05) is 26.2 Å². The fraction of sp³-hybridized carbons (Fsp3) is 0.389. The average Bonchev–Trinajstić information content (AvgIpc) is 3.18. The molecule has 0 N–H and O–H groups in total. The molecule has 2 aromatic rings. The molecule has 120 valence electrons. The third kappa shape index (κ3) is 2.77. The Morgan fingerprint density at radius 2 is 1.96 bits per heavy atom. The molecule has 1 aromatic carbocycles. The first-order valence-corrected chi connectivity index (χ1v) is 7.92. The molecule has 0 saturated carbocycles. The lowest BCUT2D eigenvalue weighted by Crippen LogP contribution is -2.57. The maximum atomic E-state index is 12.9. The first-order chi connectivity index (χ1) is 11.1. The molecule has 23 heavy (non-hydrogen) atoms. The second kappa shape index (κ2) is 5.49. The lowest BCUT2D eigenvalue weighted by atomic mass is 9.79. The van der Waals surface area contributed by atoms with E-state index in [9.17, 15) is 9.18 Å². The minimum atomic E-state index is -0.196. The fourth-order valence-electron chi connectivity index (χ4n) is 3.80. The van der Waals surface area contributed by atoms with Gasteiger partial charge in [0.05, 0.1) is 11.8 Å². The smallest absolute Gasteiger partial charge is 0.257 e. The molecule has 0 aliphatic carbocycles. The van der Waals surface area contributed by atoms with Crippen LogP contribution in [0.25, 0.3) is 0 Å². The van der Waals surface area contributed by atoms with E-state index in [0.29, 0.717) is 5.56 Å². The van der Waals surface area contributed by atoms with Gasteiger partial charge in [0.25, 0.3) is 5.91 Å². The van der Waals surface area contributed by atoms with E-state index < -0.39 is 0 Å². The monoisotopic (exact) mass is 314 g/mol. The number of rotatable bonds is 3. The summed E-state index contributed by atoms with van der Waals surface area (Å²) in [5.74, 6) is -0.134. The predicted molar refractivity (Wildman–Crippen MR) is 83.3 cm³/mol. The highest BCUT2D eigenvalue weighted by molar-refractivity contribution is 5.94. The maximum Gasteiger partial charge on any atom is 0.257 e. The highest BCUT2D eigenvalue weighted by Crippen LogP contribution is 2.40. The molecule has 0 radical (unpaired) electrons. The first kappa shape index (κ1) is 14.5. The van der Waals surface area contributed by atoms with Crippen molar-refractivity contribution in [2.24, 2.45) is 5.41 Å². The molecule has 0 atom stereocenters. The summed E-state index contributed by atoms with van der Waals surface area (Å²) in [6.07, 6.45) is 4.10. The minimum Gasteiger partial charge on any atom is -0.472 e. The molecule has 2 aliphatic rings. The van der Waals surface area contributed by atoms with Gasteiger partial charge in [-0.1, -0.05) is 12.1 Å². The van der Waals surface area contributed by atoms with Crippen LogP contribution in [-0.4, -0.2) is 41.9 Å². The van der Waals surface area contributed by atoms with Crippen molar-refractivity contribution in [1.82, 2.24) is 9.80 Å². The second-order valence-corrected chi connectivity index (χ2v) is 6.76. The van der Waals surface area contributed by atoms with Gasteiger partial charge in [-0.05, 0) is 30.2 Å². The Balaban J connectivity index is 1.33. The quantitative estimate of drug-likeness (QED) is 0.874. The molecule has 3 heterocycles. The second-order valence-electron chi connectivity index (χ2n) is 6.76. The van der Waals surface area contributed by atoms with Crippen LogP contribution in [0, 0.1) is 11.2 Å². The molecule has 0 bridgehead atoms. The van der Waals surface area contributed by atoms with Crippen molar-refractivity contribution in [2.45, 2.75) is 13.0 Å². The van der Waals surface area contributed by atoms with Crippen LogP contribution < -0.4 is 0 Å². The van der Waals surface area contributed by atoms with Gasteiger partial charge in [0.15, 0.2) is 0 Å². The van der Waals surface area contributed by atoms with Gasteiger partial charge in [-0.25, -0.2) is 4.39 Å². The topological polar surface area (TPSA) is 36.7 Å². The summed E-state index contributed by atoms with van der Waals surface area (Å²) in [6.45, 7) is 4.47. The van der Waals surface area contributed by atoms with Gasteiger partial charge in [-0.3, -0.25) is 9.69 Å². The molecular weight excluding hydrogens is 295 g/mol. The Morgan fingerprint density at radius 1 is 1.17 bits per heavy atom. The van der Waals surface area contributed by atoms with Gasteiger partial charge >= 0.3 is 0 Å². The Kier molecular flexibility index (Phi) is 3.45. The molecule has 5 heteroatoms. The predicted octanol–water partition coefficient (Wildman–Crippen LogP) is 2.77. The van der Waals surface area contributed by atoms with Crippen molar-refractivity contribution in [1.29, 1.82) is 0 Å². The SMILES string of the molecule is O=C(c1ccoc1)N1CCC2(CN(Cc3ccc(F)cc3)C2)C1. The van der Waals surface area contributed by atoms with Crippen molar-refractivity contribution < 1.29 is 13.6 Å². The summed E-state index contributed by atoms with van der Waals surface area (Å²) in [5, 5.41) is 0. The molecule has 1 spiro atoms. The van der Waals surface area contributed by atoms with Gasteiger partial charge < -0.3 is 9.32 Å². The highest BCUT2D eigenvalue weighted by Gasteiger charge is 2.48. The van der Waals surface area contributed by atoms with Crippen molar-refractivity contribution in [3.05, 3.63) is 59.8 Å². The molecular formula is C18H19FN2O2. The Labute approximate surface area is 134 Å². The summed E-state index contributed by atoms with van der Waals surface area (Å²) in [6, 6.07) is 8.40. The number of carbonyl (C=O) groups excluding carboxylic acids is 1. The normalized spacial score (nSPS) is 20.0. The fourth-order valence-corrected chi connectivity index (χ4v) is 3.80. The van der Waals surface area contributed by atoms with Crippen LogP contribution >= 0.6 is 0 Å². The molecule has 1 amide bonds. The molecule has 0 unspecified atom stereocenters. The number of nitrogens with zero attached hydrogens (tertiary/aromatic N) is 2. The average molecular weight is 314 g/mol. The van der Waals surface area contributed by atoms with Crippen LogP contribution in [0.15, 0.2) is 47.3 Å². The van der Waals surface area contributed by atoms with Crippen LogP contribution in [0.5, 0.6) is 0 Å². The summed E-state index contributed by atoms with van der Waals surface area (Å²) < 4.78 is 17.9. The van der Waals surface area contributed by atoms with Crippen LogP contribution in [-0.2, 0) is 6.54 Å². The zero-order valence-corrected chi connectivity index (χ0v) is 12.9. The molecule has 4 rings (SSSR count). The molecule has 1 aromatic heterocycles. The van der Waals surface area contributed by atoms with Gasteiger partial charge in [0.1, 0.15) is 12.1 Å². The zero-order chi connectivity index (χ0) is 15.9. The van der Waals surface area contributed by atoms with Crippen LogP contribution in [0.2, 0.25) is 0 Å². The standard InChI is InChI=1S/C18H19FN2O2/c19-16-3-1-14(2-4-16)9-20-11-18(12-20)6-7-21(13-18)17(22)15-5-8-23-10-15/h1-5,8,10H,6-7,9,11-13H2. The molecule has 4 nitrogen and oxygen atoms in total. The van der Waals surface area contributed by atoms with Crippen molar-refractivity contribution in [3.63, 3.8) is 0 Å². The van der Waals surface area contributed by atoms with Crippen molar-refractivity contribution in [3.8, 4) is 0 Å². The lowest BCUT2D eigenvalue weighted by Gasteiger charge is -2.48. The first-order valence-electron chi connectivity index (χ1n) is 7.92. The van der Waals surface area contributed by atoms with E-state index in [1.165, 1.54) is 24.7 Å². The maximum absolute atomic E-state index is 12.9. The minimum absolute atomic E-state index is 0.0626. The summed E-state index contributed by atoms with van der Waals surface area (Å²) in [4.78, 5) is 16.6. The van der Waals surface area contributed by atoms with Crippen LogP contribution in [0.1, 0.15) is 22.3 Å². The van der Waals surface area contributed by atoms with Gasteiger partial charge in [-0.2, -0.15) is 0 Å². The van der Waals surface area contributed by atoms with Crippen LogP contribution in [0.3, 0.4) is 0 Å².